The number of ketones is 2. The topological polar surface area (TPSA) is 52.0 Å². The molecule has 0 radical (unpaired) electrons. The van der Waals surface area contributed by atoms with Gasteiger partial charge in [-0.3, -0.25) is 9.59 Å². The maximum atomic E-state index is 12.9. The van der Waals surface area contributed by atoms with Crippen molar-refractivity contribution < 1.29 is 14.0 Å². The van der Waals surface area contributed by atoms with Gasteiger partial charge in [0.25, 0.3) is 0 Å². The first-order chi connectivity index (χ1) is 8.99. The molecule has 1 heterocycles. The number of carbonyl (C=O) groups is 2. The van der Waals surface area contributed by atoms with E-state index in [-0.39, 0.29) is 22.8 Å². The molecule has 19 heavy (non-hydrogen) atoms. The summed E-state index contributed by atoms with van der Waals surface area (Å²) < 4.78 is 14.4. The average molecular weight is 281 g/mol. The molecule has 2 aromatic rings. The number of Topliss-reactive ketones (excluding diaryl/α,β-unsaturated/α-hetero) is 2. The van der Waals surface area contributed by atoms with Crippen LogP contribution in [0.3, 0.4) is 0 Å². The Bertz CT molecular complexity index is 652. The number of rotatable bonds is 4. The van der Waals surface area contributed by atoms with Crippen LogP contribution >= 0.6 is 11.6 Å². The summed E-state index contributed by atoms with van der Waals surface area (Å²) in [5.41, 5.74) is 0.130. The highest BCUT2D eigenvalue weighted by Gasteiger charge is 2.18. The summed E-state index contributed by atoms with van der Waals surface area (Å²) in [4.78, 5) is 27.7. The number of carbonyl (C=O) groups excluding carboxylic acids is 2. The summed E-state index contributed by atoms with van der Waals surface area (Å²) >= 11 is 5.77. The van der Waals surface area contributed by atoms with E-state index in [2.05, 4.69) is 4.98 Å². The van der Waals surface area contributed by atoms with Crippen LogP contribution in [0.1, 0.15) is 27.4 Å². The van der Waals surface area contributed by atoms with E-state index in [1.165, 1.54) is 16.8 Å². The second-order valence-corrected chi connectivity index (χ2v) is 4.42. The Labute approximate surface area is 113 Å². The van der Waals surface area contributed by atoms with Crippen LogP contribution in [0.2, 0.25) is 5.02 Å². The lowest BCUT2D eigenvalue weighted by molar-refractivity contribution is 0.0887. The van der Waals surface area contributed by atoms with Crippen molar-refractivity contribution in [2.24, 2.45) is 7.05 Å². The summed E-state index contributed by atoms with van der Waals surface area (Å²) in [7, 11) is 1.66. The molecule has 0 aliphatic heterocycles. The number of halogens is 2. The largest absolute Gasteiger partial charge is 0.332 e. The zero-order valence-electron chi connectivity index (χ0n) is 10.1. The van der Waals surface area contributed by atoms with Gasteiger partial charge in [-0.1, -0.05) is 11.6 Å². The van der Waals surface area contributed by atoms with Gasteiger partial charge in [-0.2, -0.15) is 0 Å². The molecule has 0 atom stereocenters. The Balaban J connectivity index is 2.18. The molecule has 6 heteroatoms. The van der Waals surface area contributed by atoms with Crippen LogP contribution in [0.15, 0.2) is 30.6 Å². The second kappa shape index (κ2) is 5.32. The number of nitrogens with zero attached hydrogens (tertiary/aromatic N) is 2. The van der Waals surface area contributed by atoms with Crippen molar-refractivity contribution in [1.29, 1.82) is 0 Å². The number of aromatic nitrogens is 2. The molecule has 1 aromatic carbocycles. The Morgan fingerprint density at radius 2 is 2.11 bits per heavy atom. The summed E-state index contributed by atoms with van der Waals surface area (Å²) in [6.07, 6.45) is 2.74. The first-order valence-corrected chi connectivity index (χ1v) is 5.85. The van der Waals surface area contributed by atoms with Gasteiger partial charge in [-0.25, -0.2) is 9.37 Å². The van der Waals surface area contributed by atoms with Crippen molar-refractivity contribution in [2.75, 3.05) is 0 Å². The van der Waals surface area contributed by atoms with Crippen molar-refractivity contribution in [2.45, 2.75) is 6.42 Å². The third-order valence-electron chi connectivity index (χ3n) is 2.62. The summed E-state index contributed by atoms with van der Waals surface area (Å²) in [5, 5.41) is -0.00218. The smallest absolute Gasteiger partial charge is 0.205 e. The van der Waals surface area contributed by atoms with Gasteiger partial charge in [0.15, 0.2) is 11.6 Å². The van der Waals surface area contributed by atoms with Crippen molar-refractivity contribution in [3.05, 3.63) is 52.8 Å². The van der Waals surface area contributed by atoms with Gasteiger partial charge in [0.1, 0.15) is 5.82 Å². The van der Waals surface area contributed by atoms with E-state index in [1.54, 1.807) is 13.2 Å². The van der Waals surface area contributed by atoms with Crippen LogP contribution in [-0.4, -0.2) is 21.1 Å². The van der Waals surface area contributed by atoms with E-state index in [9.17, 15) is 14.0 Å². The molecule has 0 saturated heterocycles. The highest BCUT2D eigenvalue weighted by atomic mass is 35.5. The number of benzene rings is 1. The van der Waals surface area contributed by atoms with Gasteiger partial charge in [0, 0.05) is 25.0 Å². The maximum absolute atomic E-state index is 12.9. The minimum absolute atomic E-state index is 0.00218. The monoisotopic (exact) mass is 280 g/mol. The van der Waals surface area contributed by atoms with Gasteiger partial charge in [-0.05, 0) is 18.2 Å². The normalized spacial score (nSPS) is 10.5. The Morgan fingerprint density at radius 1 is 1.37 bits per heavy atom. The van der Waals surface area contributed by atoms with Crippen LogP contribution in [-0.2, 0) is 7.05 Å². The zero-order chi connectivity index (χ0) is 14.0. The van der Waals surface area contributed by atoms with E-state index in [0.29, 0.717) is 0 Å². The maximum Gasteiger partial charge on any atom is 0.205 e. The molecule has 0 unspecified atom stereocenters. The fraction of sp³-hybridized carbons (Fsp3) is 0.154. The quantitative estimate of drug-likeness (QED) is 0.639. The van der Waals surface area contributed by atoms with Gasteiger partial charge in [0.2, 0.25) is 5.78 Å². The van der Waals surface area contributed by atoms with Crippen LogP contribution in [0.4, 0.5) is 4.39 Å². The highest BCUT2D eigenvalue weighted by Crippen LogP contribution is 2.19. The standard InChI is InChI=1S/C13H10ClFN2O2/c1-17-5-4-16-13(17)12(19)7-11(18)9-3-2-8(15)6-10(9)14/h2-6H,7H2,1H3. The SMILES string of the molecule is Cn1ccnc1C(=O)CC(=O)c1ccc(F)cc1Cl. The third-order valence-corrected chi connectivity index (χ3v) is 2.94. The molecule has 0 saturated carbocycles. The van der Waals surface area contributed by atoms with E-state index < -0.39 is 17.4 Å². The molecule has 0 spiro atoms. The molecule has 1 aromatic heterocycles. The zero-order valence-corrected chi connectivity index (χ0v) is 10.8. The lowest BCUT2D eigenvalue weighted by atomic mass is 10.1. The molecule has 0 aliphatic carbocycles. The van der Waals surface area contributed by atoms with Crippen molar-refractivity contribution >= 4 is 23.2 Å². The molecular formula is C13H10ClFN2O2. The molecule has 4 nitrogen and oxygen atoms in total. The minimum Gasteiger partial charge on any atom is -0.332 e. The van der Waals surface area contributed by atoms with Crippen molar-refractivity contribution in [1.82, 2.24) is 9.55 Å². The Hall–Kier alpha value is -2.01. The van der Waals surface area contributed by atoms with E-state index in [1.807, 2.05) is 0 Å². The first-order valence-electron chi connectivity index (χ1n) is 5.48. The second-order valence-electron chi connectivity index (χ2n) is 4.01. The van der Waals surface area contributed by atoms with Gasteiger partial charge >= 0.3 is 0 Å². The van der Waals surface area contributed by atoms with Crippen LogP contribution in [0, 0.1) is 5.82 Å². The number of hydrogen-bond donors (Lipinski definition) is 0. The van der Waals surface area contributed by atoms with Gasteiger partial charge < -0.3 is 4.57 Å². The molecule has 0 N–H and O–H groups in total. The number of aryl methyl sites for hydroxylation is 1. The van der Waals surface area contributed by atoms with Crippen molar-refractivity contribution in [3.8, 4) is 0 Å². The molecule has 98 valence electrons. The highest BCUT2D eigenvalue weighted by molar-refractivity contribution is 6.34. The fourth-order valence-corrected chi connectivity index (χ4v) is 1.94. The third kappa shape index (κ3) is 2.88. The van der Waals surface area contributed by atoms with Gasteiger partial charge in [0.05, 0.1) is 11.4 Å². The van der Waals surface area contributed by atoms with E-state index >= 15 is 0 Å². The van der Waals surface area contributed by atoms with E-state index in [4.69, 9.17) is 11.6 Å². The predicted molar refractivity (Wildman–Crippen MR) is 67.9 cm³/mol. The van der Waals surface area contributed by atoms with E-state index in [0.717, 1.165) is 12.1 Å². The van der Waals surface area contributed by atoms with Crippen LogP contribution < -0.4 is 0 Å². The molecule has 0 aliphatic rings. The molecule has 0 bridgehead atoms. The van der Waals surface area contributed by atoms with Crippen molar-refractivity contribution in [3.63, 3.8) is 0 Å². The summed E-state index contributed by atoms with van der Waals surface area (Å²) in [6.45, 7) is 0. The summed E-state index contributed by atoms with van der Waals surface area (Å²) in [5.74, 6) is -1.19. The molecular weight excluding hydrogens is 271 g/mol. The number of imidazole rings is 1. The Morgan fingerprint density at radius 3 is 2.68 bits per heavy atom. The lowest BCUT2D eigenvalue weighted by Gasteiger charge is -2.03. The Kier molecular flexibility index (Phi) is 3.76. The lowest BCUT2D eigenvalue weighted by Crippen LogP contribution is -2.13. The summed E-state index contributed by atoms with van der Waals surface area (Å²) in [6, 6.07) is 3.44. The first kappa shape index (κ1) is 13.4. The fourth-order valence-electron chi connectivity index (χ4n) is 1.67. The molecule has 0 fully saturated rings. The van der Waals surface area contributed by atoms with Gasteiger partial charge in [-0.15, -0.1) is 0 Å². The average Bonchev–Trinajstić information content (AvgIpc) is 2.75. The predicted octanol–water partition coefficient (Wildman–Crippen LogP) is 2.67. The van der Waals surface area contributed by atoms with Crippen LogP contribution in [0.5, 0.6) is 0 Å². The molecule has 0 amide bonds. The molecule has 2 rings (SSSR count). The number of hydrogen-bond acceptors (Lipinski definition) is 3. The minimum atomic E-state index is -0.531. The van der Waals surface area contributed by atoms with Crippen LogP contribution in [0.25, 0.3) is 0 Å².